The number of aromatic nitrogens is 1. The van der Waals surface area contributed by atoms with Crippen LogP contribution in [0.5, 0.6) is 0 Å². The van der Waals surface area contributed by atoms with Gasteiger partial charge in [-0.25, -0.2) is 4.98 Å². The predicted molar refractivity (Wildman–Crippen MR) is 65.4 cm³/mol. The Morgan fingerprint density at radius 3 is 2.62 bits per heavy atom. The number of anilines is 1. The van der Waals surface area contributed by atoms with E-state index in [0.717, 1.165) is 12.0 Å². The van der Waals surface area contributed by atoms with Crippen molar-refractivity contribution in [1.82, 2.24) is 9.88 Å². The Balaban J connectivity index is 2.66. The molecule has 88 valence electrons. The van der Waals surface area contributed by atoms with Crippen LogP contribution in [0.3, 0.4) is 0 Å². The fourth-order valence-electron chi connectivity index (χ4n) is 1.54. The van der Waals surface area contributed by atoms with Crippen molar-refractivity contribution < 1.29 is 4.79 Å². The van der Waals surface area contributed by atoms with Gasteiger partial charge in [0.15, 0.2) is 0 Å². The summed E-state index contributed by atoms with van der Waals surface area (Å²) in [5, 5.41) is 2.81. The molecule has 1 N–H and O–H groups in total. The zero-order chi connectivity index (χ0) is 12.1. The van der Waals surface area contributed by atoms with Gasteiger partial charge in [0.1, 0.15) is 5.82 Å². The summed E-state index contributed by atoms with van der Waals surface area (Å²) in [4.78, 5) is 17.9. The summed E-state index contributed by atoms with van der Waals surface area (Å²) in [6.45, 7) is 3.96. The molecular formula is C12H19N3O. The summed E-state index contributed by atoms with van der Waals surface area (Å²) in [7, 11) is 3.80. The lowest BCUT2D eigenvalue weighted by molar-refractivity contribution is -0.120. The Morgan fingerprint density at radius 1 is 1.50 bits per heavy atom. The highest BCUT2D eigenvalue weighted by Crippen LogP contribution is 2.07. The Kier molecular flexibility index (Phi) is 4.43. The van der Waals surface area contributed by atoms with Crippen molar-refractivity contribution in [2.24, 2.45) is 0 Å². The summed E-state index contributed by atoms with van der Waals surface area (Å²) in [6, 6.07) is 3.64. The van der Waals surface area contributed by atoms with E-state index >= 15 is 0 Å². The van der Waals surface area contributed by atoms with E-state index < -0.39 is 0 Å². The number of likely N-dealkylation sites (N-methyl/N-ethyl adjacent to an activating group) is 1. The molecule has 4 nitrogen and oxygen atoms in total. The molecule has 1 aromatic heterocycles. The minimum atomic E-state index is -0.108. The van der Waals surface area contributed by atoms with Gasteiger partial charge in [-0.05, 0) is 39.1 Å². The second kappa shape index (κ2) is 5.61. The van der Waals surface area contributed by atoms with Gasteiger partial charge in [-0.1, -0.05) is 13.0 Å². The van der Waals surface area contributed by atoms with Crippen molar-refractivity contribution in [3.8, 4) is 0 Å². The first-order valence-electron chi connectivity index (χ1n) is 5.44. The smallest absolute Gasteiger partial charge is 0.242 e. The summed E-state index contributed by atoms with van der Waals surface area (Å²) in [5.74, 6) is 0.597. The summed E-state index contributed by atoms with van der Waals surface area (Å²) < 4.78 is 0. The number of amides is 1. The van der Waals surface area contributed by atoms with E-state index in [0.29, 0.717) is 5.82 Å². The first-order valence-corrected chi connectivity index (χ1v) is 5.44. The van der Waals surface area contributed by atoms with Gasteiger partial charge in [0.25, 0.3) is 0 Å². The molecule has 1 heterocycles. The van der Waals surface area contributed by atoms with Crippen molar-refractivity contribution in [2.45, 2.75) is 26.3 Å². The second-order valence-electron chi connectivity index (χ2n) is 4.10. The van der Waals surface area contributed by atoms with E-state index in [1.807, 2.05) is 45.0 Å². The van der Waals surface area contributed by atoms with Crippen molar-refractivity contribution >= 4 is 11.7 Å². The van der Waals surface area contributed by atoms with Gasteiger partial charge in [-0.3, -0.25) is 9.69 Å². The van der Waals surface area contributed by atoms with E-state index in [1.54, 1.807) is 6.20 Å². The van der Waals surface area contributed by atoms with Crippen LogP contribution in [-0.4, -0.2) is 35.9 Å². The highest BCUT2D eigenvalue weighted by atomic mass is 16.2. The molecule has 1 amide bonds. The maximum Gasteiger partial charge on any atom is 0.242 e. The van der Waals surface area contributed by atoms with Crippen LogP contribution in [-0.2, 0) is 4.79 Å². The molecule has 1 unspecified atom stereocenters. The molecule has 0 bridgehead atoms. The van der Waals surface area contributed by atoms with E-state index in [4.69, 9.17) is 0 Å². The minimum absolute atomic E-state index is 0.0103. The monoisotopic (exact) mass is 221 g/mol. The molecule has 0 spiro atoms. The number of rotatable bonds is 4. The number of hydrogen-bond donors (Lipinski definition) is 1. The van der Waals surface area contributed by atoms with Gasteiger partial charge < -0.3 is 5.32 Å². The van der Waals surface area contributed by atoms with Crippen molar-refractivity contribution in [3.63, 3.8) is 0 Å². The zero-order valence-corrected chi connectivity index (χ0v) is 10.3. The zero-order valence-electron chi connectivity index (χ0n) is 10.3. The van der Waals surface area contributed by atoms with Crippen molar-refractivity contribution in [1.29, 1.82) is 0 Å². The molecule has 0 radical (unpaired) electrons. The van der Waals surface area contributed by atoms with Crippen LogP contribution in [0.1, 0.15) is 18.9 Å². The number of aryl methyl sites for hydroxylation is 1. The molecule has 0 aliphatic rings. The van der Waals surface area contributed by atoms with Gasteiger partial charge in [0.05, 0.1) is 6.04 Å². The summed E-state index contributed by atoms with van der Waals surface area (Å²) >= 11 is 0. The largest absolute Gasteiger partial charge is 0.309 e. The average Bonchev–Trinajstić information content (AvgIpc) is 2.22. The maximum absolute atomic E-state index is 11.9. The van der Waals surface area contributed by atoms with Gasteiger partial charge >= 0.3 is 0 Å². The Morgan fingerprint density at radius 2 is 2.19 bits per heavy atom. The molecule has 1 atom stereocenters. The molecule has 0 aliphatic carbocycles. The molecule has 0 saturated carbocycles. The van der Waals surface area contributed by atoms with E-state index in [-0.39, 0.29) is 11.9 Å². The average molecular weight is 221 g/mol. The van der Waals surface area contributed by atoms with Crippen LogP contribution >= 0.6 is 0 Å². The molecule has 0 fully saturated rings. The fraction of sp³-hybridized carbons (Fsp3) is 0.500. The number of nitrogens with zero attached hydrogens (tertiary/aromatic N) is 2. The normalized spacial score (nSPS) is 12.6. The third kappa shape index (κ3) is 3.31. The van der Waals surface area contributed by atoms with Crippen LogP contribution in [0.2, 0.25) is 0 Å². The van der Waals surface area contributed by atoms with Gasteiger partial charge in [-0.15, -0.1) is 0 Å². The lowest BCUT2D eigenvalue weighted by Gasteiger charge is -2.21. The number of nitrogens with one attached hydrogen (secondary N) is 1. The van der Waals surface area contributed by atoms with Crippen molar-refractivity contribution in [3.05, 3.63) is 23.9 Å². The maximum atomic E-state index is 11.9. The van der Waals surface area contributed by atoms with Crippen LogP contribution in [0, 0.1) is 6.92 Å². The van der Waals surface area contributed by atoms with E-state index in [9.17, 15) is 4.79 Å². The molecule has 0 aliphatic heterocycles. The third-order valence-electron chi connectivity index (χ3n) is 2.48. The molecular weight excluding hydrogens is 202 g/mol. The quantitative estimate of drug-likeness (QED) is 0.841. The highest BCUT2D eigenvalue weighted by Gasteiger charge is 2.18. The third-order valence-corrected chi connectivity index (χ3v) is 2.48. The predicted octanol–water partition coefficient (Wildman–Crippen LogP) is 1.67. The molecule has 16 heavy (non-hydrogen) atoms. The summed E-state index contributed by atoms with van der Waals surface area (Å²) in [6.07, 6.45) is 2.52. The molecule has 4 heteroatoms. The lowest BCUT2D eigenvalue weighted by Crippen LogP contribution is -2.39. The summed E-state index contributed by atoms with van der Waals surface area (Å²) in [5.41, 5.74) is 1.08. The Hall–Kier alpha value is -1.42. The molecule has 1 rings (SSSR count). The first-order chi connectivity index (χ1) is 7.54. The molecule has 0 saturated heterocycles. The van der Waals surface area contributed by atoms with E-state index in [2.05, 4.69) is 10.3 Å². The van der Waals surface area contributed by atoms with Crippen LogP contribution < -0.4 is 5.32 Å². The highest BCUT2D eigenvalue weighted by molar-refractivity contribution is 5.93. The first kappa shape index (κ1) is 12.6. The lowest BCUT2D eigenvalue weighted by atomic mass is 10.2. The van der Waals surface area contributed by atoms with Gasteiger partial charge in [-0.2, -0.15) is 0 Å². The number of hydrogen-bond acceptors (Lipinski definition) is 3. The van der Waals surface area contributed by atoms with Gasteiger partial charge in [0, 0.05) is 6.20 Å². The van der Waals surface area contributed by atoms with Gasteiger partial charge in [0.2, 0.25) is 5.91 Å². The number of carbonyl (C=O) groups is 1. The standard InChI is InChI=1S/C12H19N3O/c1-5-10(15(3)4)12(16)14-11-7-6-9(2)8-13-11/h6-8,10H,5H2,1-4H3,(H,13,14,16). The molecule has 0 aromatic carbocycles. The second-order valence-corrected chi connectivity index (χ2v) is 4.10. The Bertz CT molecular complexity index is 346. The van der Waals surface area contributed by atoms with Crippen LogP contribution in [0.15, 0.2) is 18.3 Å². The topological polar surface area (TPSA) is 45.2 Å². The number of pyridine rings is 1. The Labute approximate surface area is 96.7 Å². The van der Waals surface area contributed by atoms with Crippen LogP contribution in [0.4, 0.5) is 5.82 Å². The number of carbonyl (C=O) groups excluding carboxylic acids is 1. The fourth-order valence-corrected chi connectivity index (χ4v) is 1.54. The molecule has 1 aromatic rings. The minimum Gasteiger partial charge on any atom is -0.309 e. The van der Waals surface area contributed by atoms with Crippen molar-refractivity contribution in [2.75, 3.05) is 19.4 Å². The van der Waals surface area contributed by atoms with E-state index in [1.165, 1.54) is 0 Å². The van der Waals surface area contributed by atoms with Crippen LogP contribution in [0.25, 0.3) is 0 Å². The SMILES string of the molecule is CCC(C(=O)Nc1ccc(C)cn1)N(C)C.